The summed E-state index contributed by atoms with van der Waals surface area (Å²) in [5.74, 6) is 0.791. The molecule has 2 rings (SSSR count). The molecule has 1 aliphatic heterocycles. The van der Waals surface area contributed by atoms with Crippen LogP contribution in [-0.4, -0.2) is 55.7 Å². The number of ether oxygens (including phenoxy) is 2. The molecule has 1 aromatic rings. The minimum atomic E-state index is -0.433. The number of likely N-dealkylation sites (tertiary alicyclic amines) is 1. The van der Waals surface area contributed by atoms with Crippen LogP contribution in [0.4, 0.5) is 0 Å². The molecule has 6 nitrogen and oxygen atoms in total. The van der Waals surface area contributed by atoms with E-state index in [1.54, 1.807) is 14.0 Å². The number of piperidine rings is 1. The van der Waals surface area contributed by atoms with E-state index in [2.05, 4.69) is 5.32 Å². The first-order valence-corrected chi connectivity index (χ1v) is 8.86. The molecule has 138 valence electrons. The summed E-state index contributed by atoms with van der Waals surface area (Å²) >= 11 is 0. The summed E-state index contributed by atoms with van der Waals surface area (Å²) in [5, 5.41) is 3.01. The molecular weight excluding hydrogens is 320 g/mol. The molecule has 0 saturated carbocycles. The van der Waals surface area contributed by atoms with E-state index in [1.807, 2.05) is 36.1 Å². The largest absolute Gasteiger partial charge is 0.497 e. The number of hydrogen-bond acceptors (Lipinski definition) is 4. The lowest BCUT2D eigenvalue weighted by atomic mass is 10.0. The molecule has 0 aromatic heterocycles. The van der Waals surface area contributed by atoms with E-state index in [0.29, 0.717) is 26.1 Å². The third-order valence-corrected chi connectivity index (χ3v) is 4.47. The number of carbonyl (C=O) groups excluding carboxylic acids is 2. The molecule has 1 N–H and O–H groups in total. The summed E-state index contributed by atoms with van der Waals surface area (Å²) in [5.41, 5.74) is 0.949. The maximum absolute atomic E-state index is 12.5. The Labute approximate surface area is 149 Å². The molecule has 1 aliphatic rings. The van der Waals surface area contributed by atoms with Crippen LogP contribution < -0.4 is 10.1 Å². The Kier molecular flexibility index (Phi) is 7.25. The number of benzene rings is 1. The van der Waals surface area contributed by atoms with Gasteiger partial charge in [0, 0.05) is 25.7 Å². The molecule has 25 heavy (non-hydrogen) atoms. The molecule has 1 saturated heterocycles. The van der Waals surface area contributed by atoms with Gasteiger partial charge in [0.05, 0.1) is 13.5 Å². The highest BCUT2D eigenvalue weighted by Crippen LogP contribution is 2.16. The van der Waals surface area contributed by atoms with Crippen molar-refractivity contribution in [3.8, 4) is 5.75 Å². The van der Waals surface area contributed by atoms with Crippen LogP contribution >= 0.6 is 0 Å². The second kappa shape index (κ2) is 9.42. The lowest BCUT2D eigenvalue weighted by Crippen LogP contribution is -2.49. The SMILES string of the molecule is CCO[C@@H](C)C(=O)NC1CCN(C(=O)Cc2cccc(OC)c2)CC1. The summed E-state index contributed by atoms with van der Waals surface area (Å²) in [6, 6.07) is 7.69. The van der Waals surface area contributed by atoms with Gasteiger partial charge in [-0.25, -0.2) is 0 Å². The van der Waals surface area contributed by atoms with Crippen LogP contribution in [0.25, 0.3) is 0 Å². The first-order chi connectivity index (χ1) is 12.0. The van der Waals surface area contributed by atoms with Crippen LogP contribution in [0, 0.1) is 0 Å². The Morgan fingerprint density at radius 3 is 2.68 bits per heavy atom. The summed E-state index contributed by atoms with van der Waals surface area (Å²) < 4.78 is 10.5. The number of nitrogens with one attached hydrogen (secondary N) is 1. The Balaban J connectivity index is 1.79. The first kappa shape index (κ1) is 19.2. The van der Waals surface area contributed by atoms with E-state index in [4.69, 9.17) is 9.47 Å². The highest BCUT2D eigenvalue weighted by Gasteiger charge is 2.25. The van der Waals surface area contributed by atoms with Crippen molar-refractivity contribution in [2.24, 2.45) is 0 Å². The van der Waals surface area contributed by atoms with Gasteiger partial charge in [-0.1, -0.05) is 12.1 Å². The normalized spacial score (nSPS) is 16.4. The number of carbonyl (C=O) groups is 2. The monoisotopic (exact) mass is 348 g/mol. The molecule has 0 radical (unpaired) electrons. The van der Waals surface area contributed by atoms with Crippen molar-refractivity contribution >= 4 is 11.8 Å². The third-order valence-electron chi connectivity index (χ3n) is 4.47. The Morgan fingerprint density at radius 1 is 1.32 bits per heavy atom. The highest BCUT2D eigenvalue weighted by molar-refractivity contribution is 5.81. The van der Waals surface area contributed by atoms with Crippen LogP contribution in [0.3, 0.4) is 0 Å². The molecule has 0 spiro atoms. The number of rotatable bonds is 7. The lowest BCUT2D eigenvalue weighted by Gasteiger charge is -2.33. The van der Waals surface area contributed by atoms with Crippen molar-refractivity contribution in [3.05, 3.63) is 29.8 Å². The van der Waals surface area contributed by atoms with Gasteiger partial charge in [-0.05, 0) is 44.4 Å². The van der Waals surface area contributed by atoms with Gasteiger partial charge in [-0.3, -0.25) is 9.59 Å². The van der Waals surface area contributed by atoms with Crippen LogP contribution in [0.5, 0.6) is 5.75 Å². The standard InChI is InChI=1S/C19H28N2O4/c1-4-25-14(2)19(23)20-16-8-10-21(11-9-16)18(22)13-15-6-5-7-17(12-15)24-3/h5-7,12,14,16H,4,8-11,13H2,1-3H3,(H,20,23)/t14-/m0/s1. The van der Waals surface area contributed by atoms with Crippen LogP contribution in [0.1, 0.15) is 32.3 Å². The van der Waals surface area contributed by atoms with E-state index in [-0.39, 0.29) is 17.9 Å². The van der Waals surface area contributed by atoms with Crippen LogP contribution in [0.2, 0.25) is 0 Å². The highest BCUT2D eigenvalue weighted by atomic mass is 16.5. The fourth-order valence-corrected chi connectivity index (χ4v) is 2.99. The van der Waals surface area contributed by atoms with E-state index in [0.717, 1.165) is 24.2 Å². The smallest absolute Gasteiger partial charge is 0.249 e. The van der Waals surface area contributed by atoms with E-state index < -0.39 is 6.10 Å². The van der Waals surface area contributed by atoms with E-state index >= 15 is 0 Å². The van der Waals surface area contributed by atoms with Gasteiger partial charge in [0.25, 0.3) is 0 Å². The molecule has 0 aliphatic carbocycles. The van der Waals surface area contributed by atoms with Gasteiger partial charge < -0.3 is 19.7 Å². The van der Waals surface area contributed by atoms with Crippen LogP contribution in [0.15, 0.2) is 24.3 Å². The molecule has 1 fully saturated rings. The average molecular weight is 348 g/mol. The second-order valence-corrected chi connectivity index (χ2v) is 6.29. The zero-order valence-corrected chi connectivity index (χ0v) is 15.3. The number of hydrogen-bond donors (Lipinski definition) is 1. The topological polar surface area (TPSA) is 67.9 Å². The van der Waals surface area contributed by atoms with Gasteiger partial charge in [0.1, 0.15) is 11.9 Å². The fourth-order valence-electron chi connectivity index (χ4n) is 2.99. The molecule has 6 heteroatoms. The van der Waals surface area contributed by atoms with Crippen LogP contribution in [-0.2, 0) is 20.7 Å². The van der Waals surface area contributed by atoms with Crippen molar-refractivity contribution in [2.75, 3.05) is 26.8 Å². The van der Waals surface area contributed by atoms with Crippen molar-refractivity contribution in [2.45, 2.75) is 45.3 Å². The summed E-state index contributed by atoms with van der Waals surface area (Å²) in [4.78, 5) is 26.3. The Hall–Kier alpha value is -2.08. The van der Waals surface area contributed by atoms with Crippen molar-refractivity contribution in [1.82, 2.24) is 10.2 Å². The van der Waals surface area contributed by atoms with Gasteiger partial charge >= 0.3 is 0 Å². The minimum absolute atomic E-state index is 0.0805. The molecule has 1 heterocycles. The summed E-state index contributed by atoms with van der Waals surface area (Å²) in [6.07, 6.45) is 1.48. The van der Waals surface area contributed by atoms with Crippen molar-refractivity contribution < 1.29 is 19.1 Å². The van der Waals surface area contributed by atoms with Gasteiger partial charge in [0.2, 0.25) is 11.8 Å². The van der Waals surface area contributed by atoms with Crippen molar-refractivity contribution in [3.63, 3.8) is 0 Å². The van der Waals surface area contributed by atoms with Gasteiger partial charge in [-0.2, -0.15) is 0 Å². The summed E-state index contributed by atoms with van der Waals surface area (Å²) in [7, 11) is 1.62. The fraction of sp³-hybridized carbons (Fsp3) is 0.579. The van der Waals surface area contributed by atoms with E-state index in [1.165, 1.54) is 0 Å². The minimum Gasteiger partial charge on any atom is -0.497 e. The maximum atomic E-state index is 12.5. The number of methoxy groups -OCH3 is 1. The quantitative estimate of drug-likeness (QED) is 0.815. The number of amides is 2. The second-order valence-electron chi connectivity index (χ2n) is 6.29. The molecule has 1 aromatic carbocycles. The summed E-state index contributed by atoms with van der Waals surface area (Å²) in [6.45, 7) is 5.47. The Morgan fingerprint density at radius 2 is 2.04 bits per heavy atom. The van der Waals surface area contributed by atoms with Gasteiger partial charge in [-0.15, -0.1) is 0 Å². The zero-order chi connectivity index (χ0) is 18.2. The predicted octanol–water partition coefficient (Wildman–Crippen LogP) is 1.77. The predicted molar refractivity (Wildman–Crippen MR) is 95.5 cm³/mol. The first-order valence-electron chi connectivity index (χ1n) is 8.86. The molecule has 0 bridgehead atoms. The van der Waals surface area contributed by atoms with E-state index in [9.17, 15) is 9.59 Å². The lowest BCUT2D eigenvalue weighted by molar-refractivity contribution is -0.133. The number of nitrogens with zero attached hydrogens (tertiary/aromatic N) is 1. The van der Waals surface area contributed by atoms with Crippen molar-refractivity contribution in [1.29, 1.82) is 0 Å². The Bertz CT molecular complexity index is 583. The molecule has 1 atom stereocenters. The van der Waals surface area contributed by atoms with Gasteiger partial charge in [0.15, 0.2) is 0 Å². The molecular formula is C19H28N2O4. The molecule has 2 amide bonds. The molecule has 0 unspecified atom stereocenters. The zero-order valence-electron chi connectivity index (χ0n) is 15.3. The maximum Gasteiger partial charge on any atom is 0.249 e. The third kappa shape index (κ3) is 5.74. The average Bonchev–Trinajstić information content (AvgIpc) is 2.62.